The van der Waals surface area contributed by atoms with Crippen LogP contribution < -0.4 is 11.4 Å². The van der Waals surface area contributed by atoms with Crippen LogP contribution in [0.5, 0.6) is 0 Å². The van der Waals surface area contributed by atoms with E-state index in [9.17, 15) is 13.8 Å². The number of rotatable bonds is 5. The van der Waals surface area contributed by atoms with Crippen LogP contribution in [0.15, 0.2) is 17.1 Å². The molecule has 0 amide bonds. The first-order chi connectivity index (χ1) is 10.2. The predicted molar refractivity (Wildman–Crippen MR) is 70.5 cm³/mol. The molecule has 0 aliphatic carbocycles. The molecule has 2 rings (SSSR count). The molecule has 1 aromatic heterocycles. The minimum Gasteiger partial charge on any atom is -0.383 e. The van der Waals surface area contributed by atoms with Crippen molar-refractivity contribution in [1.82, 2.24) is 9.55 Å². The molecule has 4 N–H and O–H groups in total. The van der Waals surface area contributed by atoms with Gasteiger partial charge >= 0.3 is 13.5 Å². The molecule has 0 aromatic carbocycles. The SMILES string of the molecule is COCC1OC(n2ccc(N)nc2=O)C(F)C1OP(=O)(O)O. The molecule has 1 aromatic rings. The Bertz CT molecular complexity index is 635. The minimum absolute atomic E-state index is 0.0499. The number of anilines is 1. The van der Waals surface area contributed by atoms with Crippen LogP contribution >= 0.6 is 7.82 Å². The zero-order valence-corrected chi connectivity index (χ0v) is 12.3. The first kappa shape index (κ1) is 17.0. The van der Waals surface area contributed by atoms with Crippen molar-refractivity contribution in [2.45, 2.75) is 24.6 Å². The van der Waals surface area contributed by atoms with E-state index in [-0.39, 0.29) is 12.4 Å². The summed E-state index contributed by atoms with van der Waals surface area (Å²) < 4.78 is 40.7. The quantitative estimate of drug-likeness (QED) is 0.586. The number of phosphoric ester groups is 1. The number of nitrogen functional groups attached to an aromatic ring is 1. The summed E-state index contributed by atoms with van der Waals surface area (Å²) in [5, 5.41) is 0. The van der Waals surface area contributed by atoms with E-state index in [1.807, 2.05) is 0 Å². The van der Waals surface area contributed by atoms with Gasteiger partial charge in [0.05, 0.1) is 6.61 Å². The third-order valence-corrected chi connectivity index (χ3v) is 3.50. The zero-order chi connectivity index (χ0) is 16.5. The molecular weight excluding hydrogens is 324 g/mol. The summed E-state index contributed by atoms with van der Waals surface area (Å²) in [4.78, 5) is 32.9. The highest BCUT2D eigenvalue weighted by Crippen LogP contribution is 2.44. The Morgan fingerprint density at radius 1 is 1.59 bits per heavy atom. The van der Waals surface area contributed by atoms with E-state index in [0.717, 1.165) is 4.57 Å². The van der Waals surface area contributed by atoms with Gasteiger partial charge < -0.3 is 25.0 Å². The lowest BCUT2D eigenvalue weighted by molar-refractivity contribution is -0.0566. The zero-order valence-electron chi connectivity index (χ0n) is 11.4. The van der Waals surface area contributed by atoms with E-state index in [0.29, 0.717) is 0 Å². The Labute approximate surface area is 123 Å². The van der Waals surface area contributed by atoms with Crippen LogP contribution in [-0.4, -0.2) is 51.4 Å². The molecular formula is C10H15FN3O7P. The molecule has 1 saturated heterocycles. The van der Waals surface area contributed by atoms with Gasteiger partial charge in [0.2, 0.25) is 0 Å². The van der Waals surface area contributed by atoms with Crippen LogP contribution in [-0.2, 0) is 18.6 Å². The molecule has 0 radical (unpaired) electrons. The number of halogens is 1. The van der Waals surface area contributed by atoms with E-state index in [1.54, 1.807) is 0 Å². The van der Waals surface area contributed by atoms with Gasteiger partial charge in [-0.05, 0) is 6.07 Å². The lowest BCUT2D eigenvalue weighted by Crippen LogP contribution is -2.35. The van der Waals surface area contributed by atoms with Gasteiger partial charge in [0.1, 0.15) is 18.0 Å². The summed E-state index contributed by atoms with van der Waals surface area (Å²) in [6, 6.07) is 1.26. The monoisotopic (exact) mass is 339 g/mol. The molecule has 2 heterocycles. The summed E-state index contributed by atoms with van der Waals surface area (Å²) in [7, 11) is -3.65. The van der Waals surface area contributed by atoms with E-state index < -0.39 is 38.1 Å². The standard InChI is InChI=1S/C10H15FN3O7P/c1-19-4-5-8(21-22(16,17)18)7(11)9(20-5)14-3-2-6(12)13-10(14)15/h2-3,5,7-9H,4H2,1H3,(H2,12,13,15)(H2,16,17,18). The molecule has 10 nitrogen and oxygen atoms in total. The summed E-state index contributed by atoms with van der Waals surface area (Å²) in [6.45, 7) is -0.182. The Morgan fingerprint density at radius 2 is 2.27 bits per heavy atom. The van der Waals surface area contributed by atoms with E-state index in [4.69, 9.17) is 25.0 Å². The fraction of sp³-hybridized carbons (Fsp3) is 0.600. The molecule has 22 heavy (non-hydrogen) atoms. The first-order valence-corrected chi connectivity index (χ1v) is 7.63. The maximum Gasteiger partial charge on any atom is 0.470 e. The van der Waals surface area contributed by atoms with Gasteiger partial charge in [0, 0.05) is 13.3 Å². The van der Waals surface area contributed by atoms with E-state index in [2.05, 4.69) is 9.51 Å². The molecule has 12 heteroatoms. The van der Waals surface area contributed by atoms with Crippen molar-refractivity contribution in [2.24, 2.45) is 0 Å². The molecule has 0 bridgehead atoms. The molecule has 0 spiro atoms. The van der Waals surface area contributed by atoms with Crippen LogP contribution in [0.25, 0.3) is 0 Å². The van der Waals surface area contributed by atoms with Crippen LogP contribution in [0.1, 0.15) is 6.23 Å². The number of nitrogens with two attached hydrogens (primary N) is 1. The molecule has 1 aliphatic heterocycles. The predicted octanol–water partition coefficient (Wildman–Crippen LogP) is -0.815. The molecule has 124 valence electrons. The van der Waals surface area contributed by atoms with Crippen LogP contribution in [0.4, 0.5) is 10.2 Å². The summed E-state index contributed by atoms with van der Waals surface area (Å²) in [6.07, 6.45) is -5.02. The number of nitrogens with zero attached hydrogens (tertiary/aromatic N) is 2. The molecule has 1 fully saturated rings. The third-order valence-electron chi connectivity index (χ3n) is 2.98. The Kier molecular flexibility index (Phi) is 4.95. The van der Waals surface area contributed by atoms with Gasteiger partial charge in [-0.15, -0.1) is 0 Å². The van der Waals surface area contributed by atoms with Gasteiger partial charge in [0.15, 0.2) is 12.4 Å². The van der Waals surface area contributed by atoms with Crippen molar-refractivity contribution in [2.75, 3.05) is 19.5 Å². The number of alkyl halides is 1. The van der Waals surface area contributed by atoms with Gasteiger partial charge in [-0.2, -0.15) is 4.98 Å². The number of phosphoric acid groups is 1. The summed E-state index contributed by atoms with van der Waals surface area (Å²) in [5.74, 6) is -0.0499. The molecule has 4 unspecified atom stereocenters. The second-order valence-electron chi connectivity index (χ2n) is 4.57. The van der Waals surface area contributed by atoms with Gasteiger partial charge in [-0.1, -0.05) is 0 Å². The Balaban J connectivity index is 2.30. The van der Waals surface area contributed by atoms with Crippen molar-refractivity contribution in [3.63, 3.8) is 0 Å². The van der Waals surface area contributed by atoms with Crippen LogP contribution in [0.2, 0.25) is 0 Å². The van der Waals surface area contributed by atoms with Crippen LogP contribution in [0, 0.1) is 0 Å². The van der Waals surface area contributed by atoms with Crippen molar-refractivity contribution in [3.05, 3.63) is 22.7 Å². The Hall–Kier alpha value is -1.36. The normalized spacial score (nSPS) is 28.9. The smallest absolute Gasteiger partial charge is 0.383 e. The van der Waals surface area contributed by atoms with Crippen molar-refractivity contribution in [3.8, 4) is 0 Å². The van der Waals surface area contributed by atoms with E-state index >= 15 is 0 Å². The van der Waals surface area contributed by atoms with Crippen molar-refractivity contribution < 1.29 is 32.7 Å². The highest BCUT2D eigenvalue weighted by atomic mass is 31.2. The fourth-order valence-electron chi connectivity index (χ4n) is 2.12. The second-order valence-corrected chi connectivity index (χ2v) is 5.76. The van der Waals surface area contributed by atoms with Gasteiger partial charge in [0.25, 0.3) is 0 Å². The lowest BCUT2D eigenvalue weighted by atomic mass is 10.1. The topological polar surface area (TPSA) is 146 Å². The highest BCUT2D eigenvalue weighted by Gasteiger charge is 2.49. The van der Waals surface area contributed by atoms with Gasteiger partial charge in [-0.25, -0.2) is 13.8 Å². The number of ether oxygens (including phenoxy) is 2. The first-order valence-electron chi connectivity index (χ1n) is 6.10. The maximum atomic E-state index is 14.5. The maximum absolute atomic E-state index is 14.5. The average Bonchev–Trinajstić information content (AvgIpc) is 2.67. The number of methoxy groups -OCH3 is 1. The minimum atomic E-state index is -4.95. The van der Waals surface area contributed by atoms with Crippen molar-refractivity contribution in [1.29, 1.82) is 0 Å². The molecule has 4 atom stereocenters. The van der Waals surface area contributed by atoms with Gasteiger partial charge in [-0.3, -0.25) is 9.09 Å². The lowest BCUT2D eigenvalue weighted by Gasteiger charge is -2.19. The fourth-order valence-corrected chi connectivity index (χ4v) is 2.69. The summed E-state index contributed by atoms with van der Waals surface area (Å²) in [5.41, 5.74) is 4.48. The molecule has 0 saturated carbocycles. The van der Waals surface area contributed by atoms with Crippen molar-refractivity contribution >= 4 is 13.6 Å². The second kappa shape index (κ2) is 6.41. The third kappa shape index (κ3) is 3.69. The van der Waals surface area contributed by atoms with Crippen LogP contribution in [0.3, 0.4) is 0 Å². The molecule has 1 aliphatic rings. The Morgan fingerprint density at radius 3 is 2.82 bits per heavy atom. The number of hydrogen-bond acceptors (Lipinski definition) is 7. The highest BCUT2D eigenvalue weighted by molar-refractivity contribution is 7.46. The number of hydrogen-bond donors (Lipinski definition) is 3. The number of aromatic nitrogens is 2. The summed E-state index contributed by atoms with van der Waals surface area (Å²) >= 11 is 0. The van der Waals surface area contributed by atoms with E-state index in [1.165, 1.54) is 19.4 Å². The average molecular weight is 339 g/mol. The largest absolute Gasteiger partial charge is 0.470 e.